The largest absolute Gasteiger partial charge is 0.488 e. The molecule has 35 heavy (non-hydrogen) atoms. The summed E-state index contributed by atoms with van der Waals surface area (Å²) in [7, 11) is 1.39. The number of H-pyrrole nitrogens is 1. The monoisotopic (exact) mass is 520 g/mol. The molecule has 0 spiro atoms. The highest BCUT2D eigenvalue weighted by Gasteiger charge is 2.38. The number of anilines is 1. The Labute approximate surface area is 203 Å². The van der Waals surface area contributed by atoms with E-state index >= 15 is 0 Å². The quantitative estimate of drug-likeness (QED) is 0.495. The third-order valence-corrected chi connectivity index (χ3v) is 5.27. The van der Waals surface area contributed by atoms with Gasteiger partial charge in [0.25, 0.3) is 5.56 Å². The lowest BCUT2D eigenvalue weighted by atomic mass is 10.2. The van der Waals surface area contributed by atoms with Crippen molar-refractivity contribution in [1.82, 2.24) is 25.1 Å². The van der Waals surface area contributed by atoms with Crippen molar-refractivity contribution in [3.63, 3.8) is 0 Å². The number of amides is 1. The van der Waals surface area contributed by atoms with Gasteiger partial charge in [0.15, 0.2) is 11.3 Å². The molecule has 0 saturated carbocycles. The number of carbonyl (C=O) groups excluding carboxylic acids is 1. The number of aromatic nitrogens is 4. The predicted octanol–water partition coefficient (Wildman–Crippen LogP) is 1.38. The van der Waals surface area contributed by atoms with Crippen molar-refractivity contribution in [1.29, 1.82) is 0 Å². The van der Waals surface area contributed by atoms with Gasteiger partial charge in [-0.05, 0) is 0 Å². The van der Waals surface area contributed by atoms with Crippen molar-refractivity contribution in [3.05, 3.63) is 39.5 Å². The standard InChI is InChI=1S/C20H24ClF3N6O5/c1-33-11-14(12-35-15-10-27-28-18(32)17(15)20(22,23)24)34-7-2-16(31)29-3-5-30(6-4-29)19-25-8-13(21)9-26-19/h8-10,14H,2-7,11-12H2,1H3,(H,28,32)/t14-/m1/s1. The molecular formula is C20H24ClF3N6O5. The molecule has 0 aromatic carbocycles. The average Bonchev–Trinajstić information content (AvgIpc) is 2.82. The molecule has 0 radical (unpaired) electrons. The van der Waals surface area contributed by atoms with Crippen LogP contribution in [0.4, 0.5) is 19.1 Å². The Morgan fingerprint density at radius 2 is 1.86 bits per heavy atom. The van der Waals surface area contributed by atoms with Crippen molar-refractivity contribution in [2.24, 2.45) is 0 Å². The Morgan fingerprint density at radius 1 is 1.17 bits per heavy atom. The molecule has 1 amide bonds. The fourth-order valence-corrected chi connectivity index (χ4v) is 3.47. The summed E-state index contributed by atoms with van der Waals surface area (Å²) in [4.78, 5) is 36.1. The van der Waals surface area contributed by atoms with Crippen LogP contribution in [0.3, 0.4) is 0 Å². The van der Waals surface area contributed by atoms with Gasteiger partial charge in [0.05, 0.1) is 43.2 Å². The fourth-order valence-electron chi connectivity index (χ4n) is 3.37. The van der Waals surface area contributed by atoms with Crippen molar-refractivity contribution >= 4 is 23.5 Å². The first-order valence-corrected chi connectivity index (χ1v) is 10.9. The van der Waals surface area contributed by atoms with Gasteiger partial charge >= 0.3 is 6.18 Å². The molecule has 1 atom stereocenters. The second kappa shape index (κ2) is 12.1. The van der Waals surface area contributed by atoms with Crippen molar-refractivity contribution in [2.75, 3.05) is 58.0 Å². The molecule has 15 heteroatoms. The van der Waals surface area contributed by atoms with Crippen molar-refractivity contribution in [3.8, 4) is 5.75 Å². The number of halogens is 4. The highest BCUT2D eigenvalue weighted by Crippen LogP contribution is 2.32. The molecule has 0 bridgehead atoms. The van der Waals surface area contributed by atoms with Crippen LogP contribution in [0, 0.1) is 0 Å². The molecular weight excluding hydrogens is 497 g/mol. The molecule has 3 heterocycles. The highest BCUT2D eigenvalue weighted by atomic mass is 35.5. The molecule has 11 nitrogen and oxygen atoms in total. The highest BCUT2D eigenvalue weighted by molar-refractivity contribution is 6.30. The Morgan fingerprint density at radius 3 is 2.49 bits per heavy atom. The van der Waals surface area contributed by atoms with Crippen LogP contribution < -0.4 is 15.2 Å². The van der Waals surface area contributed by atoms with Crippen LogP contribution in [-0.2, 0) is 20.4 Å². The van der Waals surface area contributed by atoms with Crippen LogP contribution in [0.15, 0.2) is 23.4 Å². The minimum absolute atomic E-state index is 0.00588. The second-order valence-electron chi connectivity index (χ2n) is 7.51. The second-order valence-corrected chi connectivity index (χ2v) is 7.95. The Balaban J connectivity index is 1.46. The van der Waals surface area contributed by atoms with E-state index in [2.05, 4.69) is 15.1 Å². The molecule has 192 valence electrons. The maximum absolute atomic E-state index is 13.1. The Kier molecular flexibility index (Phi) is 9.23. The number of methoxy groups -OCH3 is 1. The van der Waals surface area contributed by atoms with Crippen LogP contribution in [0.5, 0.6) is 5.75 Å². The maximum atomic E-state index is 13.1. The molecule has 1 aliphatic heterocycles. The van der Waals surface area contributed by atoms with Crippen LogP contribution in [-0.4, -0.2) is 90.2 Å². The lowest BCUT2D eigenvalue weighted by molar-refractivity contribution is -0.141. The summed E-state index contributed by atoms with van der Waals surface area (Å²) in [6.07, 6.45) is -1.83. The van der Waals surface area contributed by atoms with Gasteiger partial charge in [-0.1, -0.05) is 11.6 Å². The number of alkyl halides is 3. The first kappa shape index (κ1) is 26.6. The van der Waals surface area contributed by atoms with Gasteiger partial charge in [-0.2, -0.15) is 18.3 Å². The first-order valence-electron chi connectivity index (χ1n) is 10.6. The number of hydrogen-bond donors (Lipinski definition) is 1. The van der Waals surface area contributed by atoms with Crippen LogP contribution in [0.2, 0.25) is 5.02 Å². The number of piperazine rings is 1. The minimum Gasteiger partial charge on any atom is -0.488 e. The number of nitrogens with zero attached hydrogens (tertiary/aromatic N) is 5. The number of aromatic amines is 1. The first-order chi connectivity index (χ1) is 16.7. The van der Waals surface area contributed by atoms with Gasteiger partial charge in [0.2, 0.25) is 11.9 Å². The predicted molar refractivity (Wildman–Crippen MR) is 117 cm³/mol. The third kappa shape index (κ3) is 7.50. The lowest BCUT2D eigenvalue weighted by Gasteiger charge is -2.34. The maximum Gasteiger partial charge on any atom is 0.425 e. The minimum atomic E-state index is -4.92. The zero-order valence-corrected chi connectivity index (χ0v) is 19.5. The summed E-state index contributed by atoms with van der Waals surface area (Å²) in [6.45, 7) is 1.75. The number of nitrogens with one attached hydrogen (secondary N) is 1. The van der Waals surface area contributed by atoms with Gasteiger partial charge in [-0.15, -0.1) is 0 Å². The normalized spacial score (nSPS) is 15.2. The molecule has 0 aliphatic carbocycles. The van der Waals surface area contributed by atoms with Crippen molar-refractivity contribution < 1.29 is 32.2 Å². The Hall–Kier alpha value is -2.97. The van der Waals surface area contributed by atoms with E-state index in [1.165, 1.54) is 19.5 Å². The molecule has 1 N–H and O–H groups in total. The number of carbonyl (C=O) groups is 1. The van der Waals surface area contributed by atoms with Gasteiger partial charge in [-0.3, -0.25) is 9.59 Å². The van der Waals surface area contributed by atoms with E-state index in [-0.39, 0.29) is 32.1 Å². The third-order valence-electron chi connectivity index (χ3n) is 5.07. The summed E-state index contributed by atoms with van der Waals surface area (Å²) in [5, 5.41) is 5.52. The molecule has 2 aromatic heterocycles. The lowest BCUT2D eigenvalue weighted by Crippen LogP contribution is -2.49. The van der Waals surface area contributed by atoms with Gasteiger partial charge in [-0.25, -0.2) is 15.1 Å². The summed E-state index contributed by atoms with van der Waals surface area (Å²) in [5.41, 5.74) is -2.89. The van der Waals surface area contributed by atoms with E-state index in [1.54, 1.807) is 10.00 Å². The van der Waals surface area contributed by atoms with Crippen molar-refractivity contribution in [2.45, 2.75) is 18.7 Å². The van der Waals surface area contributed by atoms with Crippen LogP contribution >= 0.6 is 11.6 Å². The zero-order chi connectivity index (χ0) is 25.4. The summed E-state index contributed by atoms with van der Waals surface area (Å²) >= 11 is 5.80. The fraction of sp³-hybridized carbons (Fsp3) is 0.550. The van der Waals surface area contributed by atoms with E-state index in [9.17, 15) is 22.8 Å². The van der Waals surface area contributed by atoms with E-state index < -0.39 is 29.2 Å². The molecule has 0 unspecified atom stereocenters. The van der Waals surface area contributed by atoms with Gasteiger partial charge < -0.3 is 24.0 Å². The van der Waals surface area contributed by atoms with E-state index in [4.69, 9.17) is 25.8 Å². The van der Waals surface area contributed by atoms with E-state index in [0.717, 1.165) is 6.20 Å². The SMILES string of the molecule is COC[C@H](COc1cn[nH]c(=O)c1C(F)(F)F)OCCC(=O)N1CCN(c2ncc(Cl)cn2)CC1. The zero-order valence-electron chi connectivity index (χ0n) is 18.8. The van der Waals surface area contributed by atoms with Crippen LogP contribution in [0.25, 0.3) is 0 Å². The summed E-state index contributed by atoms with van der Waals surface area (Å²) in [5.74, 6) is -0.307. The van der Waals surface area contributed by atoms with Gasteiger partial charge in [0.1, 0.15) is 12.7 Å². The van der Waals surface area contributed by atoms with E-state index in [0.29, 0.717) is 37.1 Å². The number of ether oxygens (including phenoxy) is 3. The smallest absolute Gasteiger partial charge is 0.425 e. The molecule has 1 saturated heterocycles. The molecule has 1 aliphatic rings. The van der Waals surface area contributed by atoms with Gasteiger partial charge in [0, 0.05) is 33.3 Å². The Bertz CT molecular complexity index is 1030. The molecule has 2 aromatic rings. The number of rotatable bonds is 10. The van der Waals surface area contributed by atoms with E-state index in [1.807, 2.05) is 4.90 Å². The summed E-state index contributed by atoms with van der Waals surface area (Å²) < 4.78 is 55.2. The number of hydrogen-bond acceptors (Lipinski definition) is 9. The molecule has 3 rings (SSSR count). The topological polar surface area (TPSA) is 123 Å². The average molecular weight is 521 g/mol. The summed E-state index contributed by atoms with van der Waals surface area (Å²) in [6, 6.07) is 0. The van der Waals surface area contributed by atoms with Crippen LogP contribution in [0.1, 0.15) is 12.0 Å². The molecule has 1 fully saturated rings.